The first-order chi connectivity index (χ1) is 11.6. The molecule has 1 amide bonds. The van der Waals surface area contributed by atoms with E-state index in [2.05, 4.69) is 15.5 Å². The molecule has 122 valence electrons. The topological polar surface area (TPSA) is 54.9 Å². The summed E-state index contributed by atoms with van der Waals surface area (Å²) in [4.78, 5) is 13.4. The van der Waals surface area contributed by atoms with Crippen LogP contribution in [0.15, 0.2) is 59.5 Å². The Bertz CT molecular complexity index is 839. The number of carbonyl (C=O) groups excluding carboxylic acids is 1. The van der Waals surface area contributed by atoms with Crippen molar-refractivity contribution < 1.29 is 4.79 Å². The van der Waals surface area contributed by atoms with E-state index in [1.165, 1.54) is 23.1 Å². The van der Waals surface area contributed by atoms with Crippen molar-refractivity contribution in [1.29, 1.82) is 0 Å². The van der Waals surface area contributed by atoms with E-state index >= 15 is 0 Å². The van der Waals surface area contributed by atoms with Crippen LogP contribution >= 0.6 is 34.7 Å². The SMILES string of the molecule is CC(Sc1ccccc1)C(=O)Nc1nnc(-c2ccccc2Cl)s1. The Hall–Kier alpha value is -1.89. The molecule has 0 radical (unpaired) electrons. The lowest BCUT2D eigenvalue weighted by atomic mass is 10.2. The van der Waals surface area contributed by atoms with E-state index < -0.39 is 0 Å². The lowest BCUT2D eigenvalue weighted by molar-refractivity contribution is -0.115. The van der Waals surface area contributed by atoms with Gasteiger partial charge in [-0.05, 0) is 25.1 Å². The third-order valence-corrected chi connectivity index (χ3v) is 5.50. The summed E-state index contributed by atoms with van der Waals surface area (Å²) in [5.41, 5.74) is 0.809. The van der Waals surface area contributed by atoms with Crippen molar-refractivity contribution in [2.24, 2.45) is 0 Å². The summed E-state index contributed by atoms with van der Waals surface area (Å²) in [5.74, 6) is -0.106. The highest BCUT2D eigenvalue weighted by Gasteiger charge is 2.17. The van der Waals surface area contributed by atoms with Crippen molar-refractivity contribution >= 4 is 45.7 Å². The number of halogens is 1. The average molecular weight is 376 g/mol. The number of benzene rings is 2. The third-order valence-electron chi connectivity index (χ3n) is 3.18. The molecule has 0 fully saturated rings. The fourth-order valence-corrected chi connectivity index (χ4v) is 3.94. The number of carbonyl (C=O) groups is 1. The minimum absolute atomic E-state index is 0.106. The molecule has 4 nitrogen and oxygen atoms in total. The van der Waals surface area contributed by atoms with Crippen LogP contribution in [0, 0.1) is 0 Å². The lowest BCUT2D eigenvalue weighted by Crippen LogP contribution is -2.22. The molecule has 1 atom stereocenters. The zero-order valence-electron chi connectivity index (χ0n) is 12.8. The number of hydrogen-bond acceptors (Lipinski definition) is 5. The molecule has 0 aliphatic carbocycles. The minimum Gasteiger partial charge on any atom is -0.300 e. The first kappa shape index (κ1) is 17.0. The maximum absolute atomic E-state index is 12.3. The van der Waals surface area contributed by atoms with Gasteiger partial charge in [-0.3, -0.25) is 10.1 Å². The monoisotopic (exact) mass is 375 g/mol. The Labute approximate surface area is 153 Å². The molecule has 2 aromatic carbocycles. The highest BCUT2D eigenvalue weighted by Crippen LogP contribution is 2.32. The molecule has 1 unspecified atom stereocenters. The molecule has 7 heteroatoms. The molecule has 0 spiro atoms. The van der Waals surface area contributed by atoms with Gasteiger partial charge in [-0.25, -0.2) is 0 Å². The second-order valence-corrected chi connectivity index (χ2v) is 7.75. The molecule has 3 rings (SSSR count). The maximum atomic E-state index is 12.3. The summed E-state index contributed by atoms with van der Waals surface area (Å²) in [6.07, 6.45) is 0. The molecular formula is C17H14ClN3OS2. The summed E-state index contributed by atoms with van der Waals surface area (Å²) in [7, 11) is 0. The Morgan fingerprint density at radius 1 is 1.12 bits per heavy atom. The Morgan fingerprint density at radius 3 is 2.58 bits per heavy atom. The normalized spacial score (nSPS) is 11.9. The van der Waals surface area contributed by atoms with Gasteiger partial charge in [0.1, 0.15) is 0 Å². The van der Waals surface area contributed by atoms with Gasteiger partial charge in [0.25, 0.3) is 0 Å². The fraction of sp³-hybridized carbons (Fsp3) is 0.118. The van der Waals surface area contributed by atoms with Crippen molar-refractivity contribution in [2.45, 2.75) is 17.1 Å². The van der Waals surface area contributed by atoms with Crippen molar-refractivity contribution in [3.63, 3.8) is 0 Å². The molecule has 24 heavy (non-hydrogen) atoms. The molecular weight excluding hydrogens is 362 g/mol. The van der Waals surface area contributed by atoms with Crippen LogP contribution in [0.4, 0.5) is 5.13 Å². The molecule has 0 saturated carbocycles. The first-order valence-electron chi connectivity index (χ1n) is 7.24. The summed E-state index contributed by atoms with van der Waals surface area (Å²) in [6.45, 7) is 1.86. The molecule has 0 aliphatic heterocycles. The number of rotatable bonds is 5. The van der Waals surface area contributed by atoms with Gasteiger partial charge in [-0.1, -0.05) is 59.3 Å². The van der Waals surface area contributed by atoms with E-state index in [4.69, 9.17) is 11.6 Å². The number of amides is 1. The zero-order chi connectivity index (χ0) is 16.9. The molecule has 0 bridgehead atoms. The quantitative estimate of drug-likeness (QED) is 0.639. The van der Waals surface area contributed by atoms with Crippen molar-refractivity contribution in [3.05, 3.63) is 59.6 Å². The summed E-state index contributed by atoms with van der Waals surface area (Å²) in [6, 6.07) is 17.2. The second kappa shape index (κ2) is 7.79. The van der Waals surface area contributed by atoms with Crippen molar-refractivity contribution in [2.75, 3.05) is 5.32 Å². The molecule has 1 N–H and O–H groups in total. The number of nitrogens with one attached hydrogen (secondary N) is 1. The third kappa shape index (κ3) is 4.14. The number of hydrogen-bond donors (Lipinski definition) is 1. The molecule has 0 aliphatic rings. The zero-order valence-corrected chi connectivity index (χ0v) is 15.2. The van der Waals surface area contributed by atoms with Gasteiger partial charge < -0.3 is 0 Å². The van der Waals surface area contributed by atoms with Crippen LogP contribution in [0.5, 0.6) is 0 Å². The van der Waals surface area contributed by atoms with Crippen LogP contribution in [-0.4, -0.2) is 21.4 Å². The van der Waals surface area contributed by atoms with Crippen LogP contribution in [0.25, 0.3) is 10.6 Å². The first-order valence-corrected chi connectivity index (χ1v) is 9.32. The standard InChI is InChI=1S/C17H14ClN3OS2/c1-11(23-12-7-3-2-4-8-12)15(22)19-17-21-20-16(24-17)13-9-5-6-10-14(13)18/h2-11H,1H3,(H,19,21,22). The molecule has 1 aromatic heterocycles. The Morgan fingerprint density at radius 2 is 1.83 bits per heavy atom. The maximum Gasteiger partial charge on any atom is 0.239 e. The van der Waals surface area contributed by atoms with E-state index in [-0.39, 0.29) is 11.2 Å². The molecule has 0 saturated heterocycles. The van der Waals surface area contributed by atoms with Gasteiger partial charge in [0.15, 0.2) is 5.01 Å². The van der Waals surface area contributed by atoms with E-state index in [9.17, 15) is 4.79 Å². The van der Waals surface area contributed by atoms with Crippen LogP contribution in [-0.2, 0) is 4.79 Å². The number of nitrogens with zero attached hydrogens (tertiary/aromatic N) is 2. The van der Waals surface area contributed by atoms with E-state index in [1.54, 1.807) is 6.07 Å². The van der Waals surface area contributed by atoms with Gasteiger partial charge in [0, 0.05) is 10.5 Å². The van der Waals surface area contributed by atoms with Gasteiger partial charge in [0.05, 0.1) is 10.3 Å². The highest BCUT2D eigenvalue weighted by molar-refractivity contribution is 8.00. The minimum atomic E-state index is -0.236. The Kier molecular flexibility index (Phi) is 5.50. The highest BCUT2D eigenvalue weighted by atomic mass is 35.5. The van der Waals surface area contributed by atoms with Gasteiger partial charge in [-0.15, -0.1) is 22.0 Å². The lowest BCUT2D eigenvalue weighted by Gasteiger charge is -2.09. The second-order valence-electron chi connectivity index (χ2n) is 4.95. The predicted octanol–water partition coefficient (Wildman–Crippen LogP) is 4.98. The average Bonchev–Trinajstić information content (AvgIpc) is 3.04. The summed E-state index contributed by atoms with van der Waals surface area (Å²) >= 11 is 8.97. The number of aromatic nitrogens is 2. The van der Waals surface area contributed by atoms with E-state index in [1.807, 2.05) is 55.5 Å². The molecule has 1 heterocycles. The van der Waals surface area contributed by atoms with Gasteiger partial charge >= 0.3 is 0 Å². The van der Waals surface area contributed by atoms with Crippen LogP contribution in [0.3, 0.4) is 0 Å². The summed E-state index contributed by atoms with van der Waals surface area (Å²) < 4.78 is 0. The van der Waals surface area contributed by atoms with Crippen LogP contribution < -0.4 is 5.32 Å². The number of anilines is 1. The summed E-state index contributed by atoms with van der Waals surface area (Å²) in [5, 5.41) is 12.5. The smallest absolute Gasteiger partial charge is 0.239 e. The number of thioether (sulfide) groups is 1. The Balaban J connectivity index is 1.66. The largest absolute Gasteiger partial charge is 0.300 e. The predicted molar refractivity (Wildman–Crippen MR) is 101 cm³/mol. The van der Waals surface area contributed by atoms with Crippen LogP contribution in [0.1, 0.15) is 6.92 Å². The van der Waals surface area contributed by atoms with Crippen molar-refractivity contribution in [3.8, 4) is 10.6 Å². The molecule has 3 aromatic rings. The van der Waals surface area contributed by atoms with Crippen LogP contribution in [0.2, 0.25) is 5.02 Å². The van der Waals surface area contributed by atoms with E-state index in [0.29, 0.717) is 15.2 Å². The van der Waals surface area contributed by atoms with Gasteiger partial charge in [-0.2, -0.15) is 0 Å². The van der Waals surface area contributed by atoms with E-state index in [0.717, 1.165) is 10.5 Å². The fourth-order valence-electron chi connectivity index (χ4n) is 1.98. The van der Waals surface area contributed by atoms with Crippen molar-refractivity contribution in [1.82, 2.24) is 10.2 Å². The van der Waals surface area contributed by atoms with Gasteiger partial charge in [0.2, 0.25) is 11.0 Å².